The maximum atomic E-state index is 7.45. The summed E-state index contributed by atoms with van der Waals surface area (Å²) in [5.74, 6) is 0. The lowest BCUT2D eigenvalue weighted by Gasteiger charge is -1.95. The summed E-state index contributed by atoms with van der Waals surface area (Å²) in [7, 11) is -1.97. The number of hydrogen-bond acceptors (Lipinski definition) is 5. The molecule has 0 amide bonds. The fourth-order valence-corrected chi connectivity index (χ4v) is 0.0447. The van der Waals surface area contributed by atoms with Crippen molar-refractivity contribution in [2.75, 3.05) is 0 Å². The predicted octanol–water partition coefficient (Wildman–Crippen LogP) is 0.151. The van der Waals surface area contributed by atoms with Crippen molar-refractivity contribution in [1.82, 2.24) is 0 Å². The zero-order valence-electron chi connectivity index (χ0n) is 2.74. The van der Waals surface area contributed by atoms with Gasteiger partial charge in [-0.05, 0) is 0 Å². The molecule has 0 fully saturated rings. The average Bonchev–Trinajstić information content (AvgIpc) is 1.65. The highest BCUT2D eigenvalue weighted by atomic mass is 31.2. The second-order valence-electron chi connectivity index (χ2n) is 0.449. The fraction of sp³-hybridized carbons (Fsp3) is 0. The first-order valence-corrected chi connectivity index (χ1v) is 2.24. The summed E-state index contributed by atoms with van der Waals surface area (Å²) >= 11 is 0. The van der Waals surface area contributed by atoms with E-state index in [0.29, 0.717) is 0 Å². The third-order valence-electron chi connectivity index (χ3n) is 0.161. The van der Waals surface area contributed by atoms with Gasteiger partial charge in [-0.2, -0.15) is 9.35 Å². The number of nitrogens with two attached hydrogens (primary N) is 1. The smallest absolute Gasteiger partial charge is 0.260 e. The SMILES string of the molecule is NP(OO)OO. The molecule has 0 aliphatic rings. The van der Waals surface area contributed by atoms with Crippen LogP contribution in [-0.4, -0.2) is 10.5 Å². The molecule has 0 aliphatic carbocycles. The van der Waals surface area contributed by atoms with Crippen molar-refractivity contribution in [3.8, 4) is 0 Å². The first kappa shape index (κ1) is 6.23. The maximum absolute atomic E-state index is 7.45. The van der Waals surface area contributed by atoms with E-state index in [-0.39, 0.29) is 0 Å². The zero-order chi connectivity index (χ0) is 4.99. The summed E-state index contributed by atoms with van der Waals surface area (Å²) in [5, 5.41) is 14.9. The molecular weight excluding hydrogens is 109 g/mol. The van der Waals surface area contributed by atoms with Gasteiger partial charge in [-0.25, -0.2) is 10.5 Å². The molecule has 0 aromatic heterocycles. The Labute approximate surface area is 35.1 Å². The van der Waals surface area contributed by atoms with E-state index >= 15 is 0 Å². The minimum absolute atomic E-state index is 1.97. The molecule has 0 radical (unpaired) electrons. The Morgan fingerprint density at radius 1 is 1.33 bits per heavy atom. The van der Waals surface area contributed by atoms with Gasteiger partial charge in [0.2, 0.25) is 0 Å². The van der Waals surface area contributed by atoms with Crippen molar-refractivity contribution in [1.29, 1.82) is 0 Å². The zero-order valence-corrected chi connectivity index (χ0v) is 3.63. The van der Waals surface area contributed by atoms with Gasteiger partial charge in [0.1, 0.15) is 0 Å². The van der Waals surface area contributed by atoms with E-state index in [9.17, 15) is 0 Å². The lowest BCUT2D eigenvalue weighted by Crippen LogP contribution is -1.91. The predicted molar refractivity (Wildman–Crippen MR) is 18.5 cm³/mol. The van der Waals surface area contributed by atoms with Crippen LogP contribution >= 0.6 is 8.53 Å². The molecule has 0 rings (SSSR count). The van der Waals surface area contributed by atoms with Gasteiger partial charge in [0.15, 0.2) is 0 Å². The number of hydrogen-bond donors (Lipinski definition) is 3. The van der Waals surface area contributed by atoms with Gasteiger partial charge in [0.25, 0.3) is 0 Å². The molecule has 38 valence electrons. The van der Waals surface area contributed by atoms with Crippen molar-refractivity contribution in [2.45, 2.75) is 0 Å². The quantitative estimate of drug-likeness (QED) is 0.269. The molecule has 0 saturated heterocycles. The van der Waals surface area contributed by atoms with Crippen molar-refractivity contribution in [2.24, 2.45) is 5.50 Å². The van der Waals surface area contributed by atoms with Crippen LogP contribution in [0.4, 0.5) is 0 Å². The lowest BCUT2D eigenvalue weighted by molar-refractivity contribution is -0.195. The van der Waals surface area contributed by atoms with E-state index in [2.05, 4.69) is 14.9 Å². The molecular formula is H4NO4P. The summed E-state index contributed by atoms with van der Waals surface area (Å²) in [4.78, 5) is 0. The van der Waals surface area contributed by atoms with Crippen LogP contribution in [0, 0.1) is 0 Å². The van der Waals surface area contributed by atoms with Crippen LogP contribution < -0.4 is 5.50 Å². The first-order valence-electron chi connectivity index (χ1n) is 0.988. The van der Waals surface area contributed by atoms with Gasteiger partial charge < -0.3 is 0 Å². The topological polar surface area (TPSA) is 84.9 Å². The van der Waals surface area contributed by atoms with Crippen LogP contribution in [0.25, 0.3) is 0 Å². The van der Waals surface area contributed by atoms with Crippen LogP contribution in [0.2, 0.25) is 0 Å². The Morgan fingerprint density at radius 2 is 1.67 bits per heavy atom. The second kappa shape index (κ2) is 3.42. The van der Waals surface area contributed by atoms with E-state index < -0.39 is 8.53 Å². The van der Waals surface area contributed by atoms with Crippen molar-refractivity contribution < 1.29 is 19.9 Å². The third kappa shape index (κ3) is 2.47. The van der Waals surface area contributed by atoms with Crippen LogP contribution in [0.1, 0.15) is 0 Å². The van der Waals surface area contributed by atoms with E-state index in [1.54, 1.807) is 0 Å². The molecule has 0 bridgehead atoms. The van der Waals surface area contributed by atoms with Gasteiger partial charge in [-0.15, -0.1) is 0 Å². The summed E-state index contributed by atoms with van der Waals surface area (Å²) < 4.78 is 6.54. The molecule has 0 spiro atoms. The molecule has 5 nitrogen and oxygen atoms in total. The molecule has 0 aromatic carbocycles. The van der Waals surface area contributed by atoms with Gasteiger partial charge in [-0.1, -0.05) is 0 Å². The fourth-order valence-electron chi connectivity index (χ4n) is 0.0149. The average molecular weight is 113 g/mol. The normalized spacial score (nSPS) is 10.0. The Balaban J connectivity index is 2.75. The van der Waals surface area contributed by atoms with E-state index in [4.69, 9.17) is 10.5 Å². The molecule has 6 heavy (non-hydrogen) atoms. The van der Waals surface area contributed by atoms with Gasteiger partial charge in [0.05, 0.1) is 0 Å². The van der Waals surface area contributed by atoms with Crippen LogP contribution in [0.5, 0.6) is 0 Å². The minimum Gasteiger partial charge on any atom is -0.260 e. The largest absolute Gasteiger partial charge is 0.317 e. The monoisotopic (exact) mass is 113 g/mol. The third-order valence-corrected chi connectivity index (χ3v) is 0.483. The van der Waals surface area contributed by atoms with E-state index in [1.807, 2.05) is 0 Å². The molecule has 0 atom stereocenters. The van der Waals surface area contributed by atoms with Crippen LogP contribution in [0.15, 0.2) is 0 Å². The Morgan fingerprint density at radius 3 is 1.67 bits per heavy atom. The molecule has 0 unspecified atom stereocenters. The van der Waals surface area contributed by atoms with E-state index in [1.165, 1.54) is 0 Å². The first-order chi connectivity index (χ1) is 2.81. The Kier molecular flexibility index (Phi) is 3.55. The number of rotatable bonds is 2. The van der Waals surface area contributed by atoms with Crippen molar-refractivity contribution in [3.63, 3.8) is 0 Å². The van der Waals surface area contributed by atoms with Crippen LogP contribution in [0.3, 0.4) is 0 Å². The summed E-state index contributed by atoms with van der Waals surface area (Å²) in [6.07, 6.45) is 0. The van der Waals surface area contributed by atoms with Gasteiger partial charge in [-0.3, -0.25) is 5.50 Å². The summed E-state index contributed by atoms with van der Waals surface area (Å²) in [6, 6.07) is 0. The highest BCUT2D eigenvalue weighted by Crippen LogP contribution is 2.23. The standard InChI is InChI=1S/H4NO4P/c1-6(4-2)5-3/h2-3H,1H2. The molecule has 0 heterocycles. The molecule has 0 aromatic rings. The molecule has 4 N–H and O–H groups in total. The van der Waals surface area contributed by atoms with Crippen molar-refractivity contribution >= 4 is 8.53 Å². The lowest BCUT2D eigenvalue weighted by atomic mass is 13.9. The Hall–Kier alpha value is 0.230. The summed E-state index contributed by atoms with van der Waals surface area (Å²) in [6.45, 7) is 0. The second-order valence-corrected chi connectivity index (χ2v) is 1.35. The van der Waals surface area contributed by atoms with Gasteiger partial charge in [0, 0.05) is 0 Å². The van der Waals surface area contributed by atoms with Gasteiger partial charge >= 0.3 is 8.53 Å². The maximum Gasteiger partial charge on any atom is 0.317 e. The highest BCUT2D eigenvalue weighted by Gasteiger charge is 1.96. The molecule has 6 heteroatoms. The minimum atomic E-state index is -1.97. The summed E-state index contributed by atoms with van der Waals surface area (Å²) in [5.41, 5.74) is 4.59. The Bertz CT molecular complexity index is 26.7. The van der Waals surface area contributed by atoms with Crippen molar-refractivity contribution in [3.05, 3.63) is 0 Å². The van der Waals surface area contributed by atoms with Crippen LogP contribution in [-0.2, 0) is 9.35 Å². The molecule has 0 saturated carbocycles. The highest BCUT2D eigenvalue weighted by molar-refractivity contribution is 7.44. The molecule has 0 aliphatic heterocycles. The van der Waals surface area contributed by atoms with E-state index in [0.717, 1.165) is 0 Å².